The topological polar surface area (TPSA) is 3.24 Å². The minimum Gasteiger partial charge on any atom is -0.363 e. The second kappa shape index (κ2) is 9.41. The summed E-state index contributed by atoms with van der Waals surface area (Å²) in [6.45, 7) is 10.9. The molecule has 1 spiro atoms. The monoisotopic (exact) mass is 603 g/mol. The fraction of sp³-hybridized carbons (Fsp3) is 0.171. The summed E-state index contributed by atoms with van der Waals surface area (Å²) in [7, 11) is 0. The number of benzene rings is 4. The molecule has 2 aromatic heterocycles. The third-order valence-corrected chi connectivity index (χ3v) is 12.1. The van der Waals surface area contributed by atoms with Crippen LogP contribution in [0.25, 0.3) is 33.4 Å². The van der Waals surface area contributed by atoms with Gasteiger partial charge in [0.05, 0.1) is 5.41 Å². The smallest absolute Gasteiger partial charge is 0.0726 e. The molecule has 1 nitrogen and oxygen atoms in total. The Morgan fingerprint density at radius 1 is 0.477 bits per heavy atom. The van der Waals surface area contributed by atoms with Crippen LogP contribution < -0.4 is 4.90 Å². The second-order valence-electron chi connectivity index (χ2n) is 12.6. The number of nitrogens with zero attached hydrogens (tertiary/aromatic N) is 1. The van der Waals surface area contributed by atoms with E-state index in [1.807, 2.05) is 22.7 Å². The lowest BCUT2D eigenvalue weighted by molar-refractivity contribution is 0.792. The van der Waals surface area contributed by atoms with Crippen molar-refractivity contribution in [1.82, 2.24) is 0 Å². The van der Waals surface area contributed by atoms with E-state index < -0.39 is 0 Å². The molecule has 3 heterocycles. The van der Waals surface area contributed by atoms with E-state index in [0.717, 1.165) is 13.1 Å². The van der Waals surface area contributed by atoms with E-state index >= 15 is 0 Å². The van der Waals surface area contributed by atoms with E-state index in [0.29, 0.717) is 0 Å². The number of hydrogen-bond acceptors (Lipinski definition) is 3. The van der Waals surface area contributed by atoms with Crippen LogP contribution in [-0.2, 0) is 5.41 Å². The Morgan fingerprint density at radius 3 is 1.34 bits per heavy atom. The first-order valence-electron chi connectivity index (χ1n) is 15.5. The van der Waals surface area contributed by atoms with Crippen molar-refractivity contribution in [3.8, 4) is 22.3 Å². The van der Waals surface area contributed by atoms with E-state index in [9.17, 15) is 0 Å². The third kappa shape index (κ3) is 3.46. The van der Waals surface area contributed by atoms with Crippen LogP contribution in [0.5, 0.6) is 0 Å². The van der Waals surface area contributed by atoms with Gasteiger partial charge in [-0.3, -0.25) is 0 Å². The molecule has 9 rings (SSSR count). The first-order valence-corrected chi connectivity index (χ1v) is 17.1. The molecule has 0 radical (unpaired) electrons. The van der Waals surface area contributed by atoms with Gasteiger partial charge in [-0.15, -0.1) is 22.7 Å². The molecular formula is C41H33NS2. The van der Waals surface area contributed by atoms with Crippen LogP contribution in [0.3, 0.4) is 0 Å². The summed E-state index contributed by atoms with van der Waals surface area (Å²) in [6.07, 6.45) is 0. The molecule has 3 heteroatoms. The Balaban J connectivity index is 1.24. The number of hydrogen-bond donors (Lipinski definition) is 0. The molecule has 0 saturated carbocycles. The predicted molar refractivity (Wildman–Crippen MR) is 189 cm³/mol. The lowest BCUT2D eigenvalue weighted by Crippen LogP contribution is -2.27. The first kappa shape index (κ1) is 26.2. The summed E-state index contributed by atoms with van der Waals surface area (Å²) in [4.78, 5) is 8.23. The van der Waals surface area contributed by atoms with Crippen LogP contribution in [0.2, 0.25) is 0 Å². The molecule has 2 aliphatic carbocycles. The van der Waals surface area contributed by atoms with Crippen LogP contribution in [-0.4, -0.2) is 13.1 Å². The maximum Gasteiger partial charge on any atom is 0.0726 e. The highest BCUT2D eigenvalue weighted by atomic mass is 32.1. The Bertz CT molecular complexity index is 2070. The normalized spacial score (nSPS) is 15.6. The summed E-state index contributed by atoms with van der Waals surface area (Å²) in [6, 6.07) is 39.4. The second-order valence-corrected chi connectivity index (χ2v) is 15.5. The lowest BCUT2D eigenvalue weighted by Gasteiger charge is -2.31. The standard InChI is InChI=1S/C41H33NS2/c1-24-19-33(26(3)43-24)35-22-42(23-36(35)34-20-25(2)44-27(34)4)28-17-18-32-31-13-7-10-16-39(31)41(40(32)21-28)37-14-8-5-11-29(37)30-12-6-9-15-38(30)41/h5-21H,22-23H2,1-4H3. The van der Waals surface area contributed by atoms with Gasteiger partial charge in [-0.05, 0) is 119 Å². The molecule has 0 amide bonds. The highest BCUT2D eigenvalue weighted by Gasteiger charge is 2.51. The van der Waals surface area contributed by atoms with Crippen molar-refractivity contribution < 1.29 is 0 Å². The highest BCUT2D eigenvalue weighted by molar-refractivity contribution is 7.12. The van der Waals surface area contributed by atoms with Gasteiger partial charge >= 0.3 is 0 Å². The van der Waals surface area contributed by atoms with Crippen molar-refractivity contribution in [1.29, 1.82) is 0 Å². The molecule has 44 heavy (non-hydrogen) atoms. The van der Waals surface area contributed by atoms with Gasteiger partial charge < -0.3 is 4.90 Å². The van der Waals surface area contributed by atoms with Crippen molar-refractivity contribution >= 4 is 39.5 Å². The Hall–Kier alpha value is -4.18. The average molecular weight is 604 g/mol. The average Bonchev–Trinajstić information content (AvgIpc) is 3.83. The highest BCUT2D eigenvalue weighted by Crippen LogP contribution is 2.63. The molecule has 0 atom stereocenters. The van der Waals surface area contributed by atoms with Crippen LogP contribution in [0.4, 0.5) is 5.69 Å². The third-order valence-electron chi connectivity index (χ3n) is 10.1. The number of fused-ring (bicyclic) bond motifs is 10. The largest absolute Gasteiger partial charge is 0.363 e. The zero-order valence-electron chi connectivity index (χ0n) is 25.5. The molecule has 214 valence electrons. The maximum atomic E-state index is 2.62. The van der Waals surface area contributed by atoms with Crippen LogP contribution in [0.15, 0.2) is 103 Å². The van der Waals surface area contributed by atoms with Gasteiger partial charge in [0.15, 0.2) is 0 Å². The van der Waals surface area contributed by atoms with E-state index in [4.69, 9.17) is 0 Å². The Labute approximate surface area is 267 Å². The van der Waals surface area contributed by atoms with E-state index in [1.165, 1.54) is 92.0 Å². The van der Waals surface area contributed by atoms with Crippen molar-refractivity contribution in [2.45, 2.75) is 33.1 Å². The van der Waals surface area contributed by atoms with E-state index in [-0.39, 0.29) is 5.41 Å². The molecule has 0 N–H and O–H groups in total. The van der Waals surface area contributed by atoms with E-state index in [2.05, 4.69) is 136 Å². The SMILES string of the molecule is Cc1cc(C2=C(c3cc(C)sc3C)CN(c3ccc4c(c3)C3(c5ccccc5-c5ccccc53)c3ccccc3-4)C2)c(C)s1. The van der Waals surface area contributed by atoms with Crippen LogP contribution in [0, 0.1) is 27.7 Å². The maximum absolute atomic E-state index is 2.62. The number of rotatable bonds is 3. The van der Waals surface area contributed by atoms with Crippen LogP contribution >= 0.6 is 22.7 Å². The summed E-state index contributed by atoms with van der Waals surface area (Å²) in [5.74, 6) is 0. The summed E-state index contributed by atoms with van der Waals surface area (Å²) in [5.41, 5.74) is 17.9. The van der Waals surface area contributed by atoms with Gasteiger partial charge in [-0.25, -0.2) is 0 Å². The molecule has 0 saturated heterocycles. The van der Waals surface area contributed by atoms with Crippen LogP contribution in [0.1, 0.15) is 52.9 Å². The summed E-state index contributed by atoms with van der Waals surface area (Å²) < 4.78 is 0. The molecule has 0 fully saturated rings. The molecule has 4 aromatic carbocycles. The van der Waals surface area contributed by atoms with Gasteiger partial charge in [0.2, 0.25) is 0 Å². The van der Waals surface area contributed by atoms with Crippen molar-refractivity contribution in [3.63, 3.8) is 0 Å². The zero-order chi connectivity index (χ0) is 29.7. The molecular weight excluding hydrogens is 571 g/mol. The van der Waals surface area contributed by atoms with E-state index in [1.54, 1.807) is 0 Å². The van der Waals surface area contributed by atoms with Gasteiger partial charge in [0, 0.05) is 38.3 Å². The number of aryl methyl sites for hydroxylation is 4. The lowest BCUT2D eigenvalue weighted by atomic mass is 9.70. The molecule has 3 aliphatic rings. The minimum absolute atomic E-state index is 0.309. The van der Waals surface area contributed by atoms with Gasteiger partial charge in [-0.2, -0.15) is 0 Å². The fourth-order valence-electron chi connectivity index (χ4n) is 8.45. The first-order chi connectivity index (χ1) is 21.4. The predicted octanol–water partition coefficient (Wildman–Crippen LogP) is 10.8. The Morgan fingerprint density at radius 2 is 0.909 bits per heavy atom. The molecule has 0 bridgehead atoms. The quantitative estimate of drug-likeness (QED) is 0.194. The van der Waals surface area contributed by atoms with Gasteiger partial charge in [-0.1, -0.05) is 78.9 Å². The zero-order valence-corrected chi connectivity index (χ0v) is 27.1. The Kier molecular flexibility index (Phi) is 5.61. The molecule has 6 aromatic rings. The number of anilines is 1. The van der Waals surface area contributed by atoms with Crippen molar-refractivity contribution in [2.75, 3.05) is 18.0 Å². The minimum atomic E-state index is -0.309. The van der Waals surface area contributed by atoms with Gasteiger partial charge in [0.1, 0.15) is 0 Å². The molecule has 0 unspecified atom stereocenters. The summed E-state index contributed by atoms with van der Waals surface area (Å²) in [5, 5.41) is 0. The molecule has 1 aliphatic heterocycles. The summed E-state index contributed by atoms with van der Waals surface area (Å²) >= 11 is 3.84. The van der Waals surface area contributed by atoms with Crippen molar-refractivity contribution in [3.05, 3.63) is 156 Å². The number of thiophene rings is 2. The van der Waals surface area contributed by atoms with Crippen molar-refractivity contribution in [2.24, 2.45) is 0 Å². The fourth-order valence-corrected chi connectivity index (χ4v) is 10.4. The van der Waals surface area contributed by atoms with Gasteiger partial charge in [0.25, 0.3) is 0 Å².